The standard InChI is InChI=1S/C26H28O/c1-18-5-9-20(10-6-18)11-14-22-16-25(3)17-26(22,4)23(15-24(25)27)21-12-7-19(2)8-13-21/h5-14,16,23H,15,17H2,1-4H3. The molecule has 3 unspecified atom stereocenters. The molecule has 3 atom stereocenters. The fourth-order valence-electron chi connectivity index (χ4n) is 4.96. The highest BCUT2D eigenvalue weighted by Crippen LogP contribution is 2.61. The molecule has 0 saturated heterocycles. The number of carbonyl (C=O) groups excluding carboxylic acids is 1. The van der Waals surface area contributed by atoms with Crippen molar-refractivity contribution >= 4 is 11.9 Å². The van der Waals surface area contributed by atoms with E-state index in [2.05, 4.69) is 94.5 Å². The maximum atomic E-state index is 13.0. The SMILES string of the molecule is Cc1ccc(C=CC2=CC3(C)CC2(C)C(c2ccc(C)cc2)CC3=O)cc1. The Morgan fingerprint density at radius 2 is 1.48 bits per heavy atom. The number of aryl methyl sites for hydroxylation is 2. The summed E-state index contributed by atoms with van der Waals surface area (Å²) in [6.07, 6.45) is 8.22. The molecular weight excluding hydrogens is 328 g/mol. The van der Waals surface area contributed by atoms with E-state index in [1.54, 1.807) is 0 Å². The molecule has 2 aromatic rings. The van der Waals surface area contributed by atoms with Gasteiger partial charge in [-0.3, -0.25) is 4.79 Å². The summed E-state index contributed by atoms with van der Waals surface area (Å²) < 4.78 is 0. The van der Waals surface area contributed by atoms with Crippen LogP contribution in [0.1, 0.15) is 54.9 Å². The summed E-state index contributed by atoms with van der Waals surface area (Å²) in [6.45, 7) is 8.68. The van der Waals surface area contributed by atoms with Gasteiger partial charge in [0.15, 0.2) is 0 Å². The molecule has 0 amide bonds. The van der Waals surface area contributed by atoms with Crippen molar-refractivity contribution in [3.05, 3.63) is 88.5 Å². The van der Waals surface area contributed by atoms with Gasteiger partial charge in [0.25, 0.3) is 0 Å². The van der Waals surface area contributed by atoms with Gasteiger partial charge >= 0.3 is 0 Å². The average molecular weight is 357 g/mol. The van der Waals surface area contributed by atoms with Crippen LogP contribution in [0.5, 0.6) is 0 Å². The molecule has 0 heterocycles. The van der Waals surface area contributed by atoms with Crippen molar-refractivity contribution in [2.75, 3.05) is 0 Å². The lowest BCUT2D eigenvalue weighted by atomic mass is 9.59. The van der Waals surface area contributed by atoms with E-state index in [0.29, 0.717) is 12.2 Å². The van der Waals surface area contributed by atoms with Crippen LogP contribution in [0.3, 0.4) is 0 Å². The van der Waals surface area contributed by atoms with Gasteiger partial charge in [0, 0.05) is 23.2 Å². The first-order valence-electron chi connectivity index (χ1n) is 9.88. The maximum Gasteiger partial charge on any atom is 0.143 e. The predicted molar refractivity (Wildman–Crippen MR) is 113 cm³/mol. The van der Waals surface area contributed by atoms with Crippen LogP contribution >= 0.6 is 0 Å². The minimum absolute atomic E-state index is 0.000878. The minimum Gasteiger partial charge on any atom is -0.299 e. The largest absolute Gasteiger partial charge is 0.299 e. The lowest BCUT2D eigenvalue weighted by molar-refractivity contribution is -0.130. The van der Waals surface area contributed by atoms with Gasteiger partial charge in [-0.25, -0.2) is 0 Å². The topological polar surface area (TPSA) is 17.1 Å². The zero-order valence-electron chi connectivity index (χ0n) is 16.8. The molecule has 0 aliphatic heterocycles. The second-order valence-corrected chi connectivity index (χ2v) is 8.95. The smallest absolute Gasteiger partial charge is 0.143 e. The van der Waals surface area contributed by atoms with Gasteiger partial charge in [-0.05, 0) is 43.9 Å². The Morgan fingerprint density at radius 3 is 2.11 bits per heavy atom. The Bertz CT molecular complexity index is 929. The Kier molecular flexibility index (Phi) is 4.22. The average Bonchev–Trinajstić information content (AvgIpc) is 2.88. The van der Waals surface area contributed by atoms with Crippen LogP contribution in [0.25, 0.3) is 6.08 Å². The zero-order chi connectivity index (χ0) is 19.2. The Labute approximate surface area is 162 Å². The van der Waals surface area contributed by atoms with Gasteiger partial charge in [0.1, 0.15) is 5.78 Å². The summed E-state index contributed by atoms with van der Waals surface area (Å²) in [5.41, 5.74) is 6.01. The third-order valence-electron chi connectivity index (χ3n) is 6.68. The van der Waals surface area contributed by atoms with Gasteiger partial charge in [-0.15, -0.1) is 0 Å². The first kappa shape index (κ1) is 18.0. The van der Waals surface area contributed by atoms with E-state index < -0.39 is 0 Å². The van der Waals surface area contributed by atoms with Crippen LogP contribution in [0.15, 0.2) is 66.3 Å². The molecule has 4 rings (SSSR count). The second kappa shape index (κ2) is 6.34. The lowest BCUT2D eigenvalue weighted by Crippen LogP contribution is -2.39. The lowest BCUT2D eigenvalue weighted by Gasteiger charge is -2.43. The number of benzene rings is 2. The highest BCUT2D eigenvalue weighted by Gasteiger charge is 2.55. The molecule has 2 aliphatic rings. The van der Waals surface area contributed by atoms with Crippen LogP contribution in [0, 0.1) is 24.7 Å². The van der Waals surface area contributed by atoms with E-state index >= 15 is 0 Å². The summed E-state index contributed by atoms with van der Waals surface area (Å²) in [7, 11) is 0. The van der Waals surface area contributed by atoms with Crippen molar-refractivity contribution < 1.29 is 4.79 Å². The van der Waals surface area contributed by atoms with Crippen LogP contribution in [0.4, 0.5) is 0 Å². The van der Waals surface area contributed by atoms with Crippen LogP contribution in [0.2, 0.25) is 0 Å². The second-order valence-electron chi connectivity index (χ2n) is 8.95. The third-order valence-corrected chi connectivity index (χ3v) is 6.68. The quantitative estimate of drug-likeness (QED) is 0.620. The summed E-state index contributed by atoms with van der Waals surface area (Å²) >= 11 is 0. The third kappa shape index (κ3) is 3.10. The Balaban J connectivity index is 1.72. The number of fused-ring (bicyclic) bond motifs is 2. The van der Waals surface area contributed by atoms with Crippen molar-refractivity contribution in [2.45, 2.75) is 46.5 Å². The maximum absolute atomic E-state index is 13.0. The fourth-order valence-corrected chi connectivity index (χ4v) is 4.96. The van der Waals surface area contributed by atoms with Gasteiger partial charge < -0.3 is 0 Å². The van der Waals surface area contributed by atoms with Crippen LogP contribution in [-0.4, -0.2) is 5.78 Å². The summed E-state index contributed by atoms with van der Waals surface area (Å²) in [4.78, 5) is 13.0. The van der Waals surface area contributed by atoms with Crippen molar-refractivity contribution in [3.63, 3.8) is 0 Å². The van der Waals surface area contributed by atoms with Gasteiger partial charge in [-0.1, -0.05) is 84.8 Å². The normalized spacial score (nSPS) is 30.0. The molecule has 1 saturated carbocycles. The van der Waals surface area contributed by atoms with E-state index in [1.807, 2.05) is 0 Å². The number of carbonyl (C=O) groups is 1. The summed E-state index contributed by atoms with van der Waals surface area (Å²) in [5.74, 6) is 0.624. The molecule has 2 bridgehead atoms. The van der Waals surface area contributed by atoms with Crippen molar-refractivity contribution in [2.24, 2.45) is 10.8 Å². The predicted octanol–water partition coefficient (Wildman–Crippen LogP) is 6.42. The van der Waals surface area contributed by atoms with Gasteiger partial charge in [0.2, 0.25) is 0 Å². The van der Waals surface area contributed by atoms with Crippen LogP contribution < -0.4 is 0 Å². The molecule has 0 aromatic heterocycles. The highest BCUT2D eigenvalue weighted by molar-refractivity contribution is 5.90. The van der Waals surface area contributed by atoms with Crippen molar-refractivity contribution in [1.29, 1.82) is 0 Å². The molecule has 0 radical (unpaired) electrons. The zero-order valence-corrected chi connectivity index (χ0v) is 16.8. The fraction of sp³-hybridized carbons (Fsp3) is 0.346. The first-order chi connectivity index (χ1) is 12.8. The molecule has 1 fully saturated rings. The molecule has 138 valence electrons. The Morgan fingerprint density at radius 1 is 0.889 bits per heavy atom. The number of rotatable bonds is 3. The number of hydrogen-bond acceptors (Lipinski definition) is 1. The van der Waals surface area contributed by atoms with Crippen LogP contribution in [-0.2, 0) is 4.79 Å². The number of Topliss-reactive ketones (excluding diaryl/α,β-unsaturated/α-hetero) is 1. The molecule has 0 N–H and O–H groups in total. The number of hydrogen-bond donors (Lipinski definition) is 0. The highest BCUT2D eigenvalue weighted by atomic mass is 16.1. The first-order valence-corrected chi connectivity index (χ1v) is 9.88. The number of ketones is 1. The van der Waals surface area contributed by atoms with Gasteiger partial charge in [0.05, 0.1) is 0 Å². The minimum atomic E-state index is -0.317. The molecule has 2 aliphatic carbocycles. The molecule has 1 nitrogen and oxygen atoms in total. The molecular formula is C26H28O. The number of allylic oxidation sites excluding steroid dienone is 3. The summed E-state index contributed by atoms with van der Waals surface area (Å²) in [5, 5.41) is 0. The molecule has 2 aromatic carbocycles. The van der Waals surface area contributed by atoms with E-state index in [0.717, 1.165) is 6.42 Å². The van der Waals surface area contributed by atoms with E-state index in [-0.39, 0.29) is 16.7 Å². The molecule has 0 spiro atoms. The molecule has 27 heavy (non-hydrogen) atoms. The van der Waals surface area contributed by atoms with Crippen molar-refractivity contribution in [1.82, 2.24) is 0 Å². The van der Waals surface area contributed by atoms with Crippen molar-refractivity contribution in [3.8, 4) is 0 Å². The van der Waals surface area contributed by atoms with Gasteiger partial charge in [-0.2, -0.15) is 0 Å². The Hall–Kier alpha value is -2.41. The summed E-state index contributed by atoms with van der Waals surface area (Å²) in [6, 6.07) is 17.3. The van der Waals surface area contributed by atoms with E-state index in [1.165, 1.54) is 27.8 Å². The monoisotopic (exact) mass is 356 g/mol. The van der Waals surface area contributed by atoms with E-state index in [4.69, 9.17) is 0 Å². The van der Waals surface area contributed by atoms with E-state index in [9.17, 15) is 4.79 Å². The molecule has 1 heteroatoms.